The fourth-order valence-corrected chi connectivity index (χ4v) is 4.37. The molecule has 2 aromatic rings. The first-order valence-electron chi connectivity index (χ1n) is 8.40. The number of halogens is 2. The molecule has 1 saturated heterocycles. The van der Waals surface area contributed by atoms with Gasteiger partial charge in [0.2, 0.25) is 0 Å². The predicted octanol–water partition coefficient (Wildman–Crippen LogP) is 6.29. The van der Waals surface area contributed by atoms with E-state index in [0.29, 0.717) is 33.1 Å². The Morgan fingerprint density at radius 1 is 1.26 bits per heavy atom. The lowest BCUT2D eigenvalue weighted by Gasteiger charge is -2.12. The third-order valence-electron chi connectivity index (χ3n) is 3.89. The molecule has 1 heterocycles. The Balaban J connectivity index is 1.83. The first-order chi connectivity index (χ1) is 13.0. The Bertz CT molecular complexity index is 899. The molecule has 0 radical (unpaired) electrons. The van der Waals surface area contributed by atoms with Gasteiger partial charge in [-0.15, -0.1) is 0 Å². The van der Waals surface area contributed by atoms with Crippen LogP contribution in [0.1, 0.15) is 24.5 Å². The molecule has 0 unspecified atom stereocenters. The number of hydrogen-bond donors (Lipinski definition) is 0. The molecule has 1 amide bonds. The van der Waals surface area contributed by atoms with Gasteiger partial charge in [0.05, 0.1) is 4.91 Å². The maximum Gasteiger partial charge on any atom is 0.266 e. The lowest BCUT2D eigenvalue weighted by molar-refractivity contribution is -0.122. The van der Waals surface area contributed by atoms with Crippen LogP contribution in [-0.2, 0) is 11.4 Å². The lowest BCUT2D eigenvalue weighted by atomic mass is 10.1. The second-order valence-corrected chi connectivity index (χ2v) is 8.96. The molecule has 0 spiro atoms. The summed E-state index contributed by atoms with van der Waals surface area (Å²) in [6.45, 7) is 3.08. The van der Waals surface area contributed by atoms with Crippen molar-refractivity contribution in [3.05, 3.63) is 68.0 Å². The number of benzene rings is 2. The van der Waals surface area contributed by atoms with Gasteiger partial charge in [0.1, 0.15) is 16.7 Å². The second-order valence-electron chi connectivity index (χ2n) is 5.93. The van der Waals surface area contributed by atoms with Gasteiger partial charge in [-0.3, -0.25) is 9.69 Å². The van der Waals surface area contributed by atoms with Crippen LogP contribution in [0.2, 0.25) is 5.02 Å². The predicted molar refractivity (Wildman–Crippen MR) is 120 cm³/mol. The van der Waals surface area contributed by atoms with Crippen LogP contribution in [0, 0.1) is 0 Å². The molecule has 27 heavy (non-hydrogen) atoms. The molecule has 1 aliphatic heterocycles. The monoisotopic (exact) mass is 481 g/mol. The summed E-state index contributed by atoms with van der Waals surface area (Å²) in [5, 5.41) is 0.692. The highest BCUT2D eigenvalue weighted by Crippen LogP contribution is 2.35. The number of rotatable bonds is 6. The summed E-state index contributed by atoms with van der Waals surface area (Å²) in [5.41, 5.74) is 1.85. The average Bonchev–Trinajstić information content (AvgIpc) is 2.90. The van der Waals surface area contributed by atoms with Crippen LogP contribution in [0.4, 0.5) is 0 Å². The Morgan fingerprint density at radius 2 is 2.00 bits per heavy atom. The molecule has 0 aliphatic carbocycles. The molecule has 0 atom stereocenters. The minimum absolute atomic E-state index is 0.0459. The van der Waals surface area contributed by atoms with Gasteiger partial charge in [-0.25, -0.2) is 0 Å². The van der Waals surface area contributed by atoms with Crippen LogP contribution in [0.5, 0.6) is 5.75 Å². The van der Waals surface area contributed by atoms with E-state index < -0.39 is 0 Å². The summed E-state index contributed by atoms with van der Waals surface area (Å²) in [5.74, 6) is 0.657. The molecular weight excluding hydrogens is 466 g/mol. The third kappa shape index (κ3) is 5.13. The summed E-state index contributed by atoms with van der Waals surface area (Å²) in [6, 6.07) is 13.3. The number of ether oxygens (including phenoxy) is 1. The van der Waals surface area contributed by atoms with E-state index in [0.717, 1.165) is 22.0 Å². The van der Waals surface area contributed by atoms with Gasteiger partial charge in [0, 0.05) is 21.6 Å². The van der Waals surface area contributed by atoms with E-state index >= 15 is 0 Å². The van der Waals surface area contributed by atoms with Gasteiger partial charge in [-0.2, -0.15) is 0 Å². The van der Waals surface area contributed by atoms with Gasteiger partial charge in [0.15, 0.2) is 0 Å². The molecule has 7 heteroatoms. The summed E-state index contributed by atoms with van der Waals surface area (Å²) in [4.78, 5) is 14.9. The molecule has 0 N–H and O–H groups in total. The number of carbonyl (C=O) groups excluding carboxylic acids is 1. The van der Waals surface area contributed by atoms with Crippen molar-refractivity contribution in [3.63, 3.8) is 0 Å². The number of thiocarbonyl (C=S) groups is 1. The molecule has 1 fully saturated rings. The van der Waals surface area contributed by atoms with Crippen LogP contribution in [0.3, 0.4) is 0 Å². The van der Waals surface area contributed by atoms with Crippen molar-refractivity contribution in [3.8, 4) is 5.75 Å². The van der Waals surface area contributed by atoms with Crippen LogP contribution in [0.25, 0.3) is 6.08 Å². The minimum Gasteiger partial charge on any atom is -0.488 e. The number of amides is 1. The molecule has 0 saturated carbocycles. The lowest BCUT2D eigenvalue weighted by Crippen LogP contribution is -2.28. The van der Waals surface area contributed by atoms with Crippen molar-refractivity contribution in [1.29, 1.82) is 0 Å². The molecule has 2 aromatic carbocycles. The van der Waals surface area contributed by atoms with Crippen LogP contribution < -0.4 is 4.74 Å². The maximum atomic E-state index is 12.6. The molecule has 140 valence electrons. The highest BCUT2D eigenvalue weighted by molar-refractivity contribution is 9.10. The minimum atomic E-state index is -0.0459. The SMILES string of the molecule is CCCN1C(=O)/C(=C/c2cc(Br)ccc2OCc2ccc(Cl)cc2)SC1=S. The Kier molecular flexibility index (Phi) is 6.98. The van der Waals surface area contributed by atoms with Crippen molar-refractivity contribution in [2.24, 2.45) is 0 Å². The zero-order valence-electron chi connectivity index (χ0n) is 14.6. The number of carbonyl (C=O) groups is 1. The fourth-order valence-electron chi connectivity index (χ4n) is 2.56. The first-order valence-corrected chi connectivity index (χ1v) is 10.8. The van der Waals surface area contributed by atoms with E-state index in [-0.39, 0.29) is 5.91 Å². The zero-order valence-corrected chi connectivity index (χ0v) is 18.6. The van der Waals surface area contributed by atoms with Gasteiger partial charge in [-0.05, 0) is 48.4 Å². The molecular formula is C20H17BrClNO2S2. The number of thioether (sulfide) groups is 1. The van der Waals surface area contributed by atoms with E-state index in [4.69, 9.17) is 28.6 Å². The van der Waals surface area contributed by atoms with Crippen molar-refractivity contribution in [1.82, 2.24) is 4.90 Å². The molecule has 3 nitrogen and oxygen atoms in total. The van der Waals surface area contributed by atoms with Gasteiger partial charge in [-0.1, -0.05) is 70.6 Å². The van der Waals surface area contributed by atoms with Gasteiger partial charge >= 0.3 is 0 Å². The molecule has 3 rings (SSSR count). The third-order valence-corrected chi connectivity index (χ3v) is 6.01. The van der Waals surface area contributed by atoms with E-state index in [9.17, 15) is 4.79 Å². The summed E-state index contributed by atoms with van der Waals surface area (Å²) in [6.07, 6.45) is 2.71. The Hall–Kier alpha value is -1.34. The average molecular weight is 483 g/mol. The summed E-state index contributed by atoms with van der Waals surface area (Å²) in [7, 11) is 0. The van der Waals surface area contributed by atoms with Crippen molar-refractivity contribution >= 4 is 67.8 Å². The standard InChI is InChI=1S/C20H17BrClNO2S2/c1-2-9-23-19(24)18(27-20(23)26)11-14-10-15(21)5-8-17(14)25-12-13-3-6-16(22)7-4-13/h3-8,10-11H,2,9,12H2,1H3/b18-11-. The smallest absolute Gasteiger partial charge is 0.266 e. The number of hydrogen-bond acceptors (Lipinski definition) is 4. The van der Waals surface area contributed by atoms with E-state index in [2.05, 4.69) is 15.9 Å². The molecule has 0 bridgehead atoms. The van der Waals surface area contributed by atoms with E-state index in [1.807, 2.05) is 55.5 Å². The maximum absolute atomic E-state index is 12.6. The normalized spacial score (nSPS) is 15.7. The van der Waals surface area contributed by atoms with Crippen molar-refractivity contribution < 1.29 is 9.53 Å². The van der Waals surface area contributed by atoms with Gasteiger partial charge < -0.3 is 4.74 Å². The van der Waals surface area contributed by atoms with Crippen LogP contribution >= 0.6 is 51.5 Å². The fraction of sp³-hybridized carbons (Fsp3) is 0.200. The van der Waals surface area contributed by atoms with Crippen LogP contribution in [-0.4, -0.2) is 21.7 Å². The molecule has 0 aromatic heterocycles. The first kappa shape index (κ1) is 20.4. The topological polar surface area (TPSA) is 29.5 Å². The molecule has 1 aliphatic rings. The largest absolute Gasteiger partial charge is 0.488 e. The van der Waals surface area contributed by atoms with Crippen LogP contribution in [0.15, 0.2) is 51.8 Å². The van der Waals surface area contributed by atoms with Crippen molar-refractivity contribution in [2.45, 2.75) is 20.0 Å². The highest BCUT2D eigenvalue weighted by atomic mass is 79.9. The summed E-state index contributed by atoms with van der Waals surface area (Å²) >= 11 is 16.1. The van der Waals surface area contributed by atoms with E-state index in [1.165, 1.54) is 11.8 Å². The second kappa shape index (κ2) is 9.24. The zero-order chi connectivity index (χ0) is 19.4. The Morgan fingerprint density at radius 3 is 2.70 bits per heavy atom. The van der Waals surface area contributed by atoms with Gasteiger partial charge in [0.25, 0.3) is 5.91 Å². The highest BCUT2D eigenvalue weighted by Gasteiger charge is 2.31. The summed E-state index contributed by atoms with van der Waals surface area (Å²) < 4.78 is 7.51. The Labute approximate surface area is 181 Å². The quantitative estimate of drug-likeness (QED) is 0.357. The van der Waals surface area contributed by atoms with E-state index in [1.54, 1.807) is 4.90 Å². The number of nitrogens with zero attached hydrogens (tertiary/aromatic N) is 1. The van der Waals surface area contributed by atoms with Crippen molar-refractivity contribution in [2.75, 3.05) is 6.54 Å².